The molecule has 0 radical (unpaired) electrons. The lowest BCUT2D eigenvalue weighted by Crippen LogP contribution is -2.67. The number of esters is 1. The number of phosphoric acid groups is 1. The molecule has 5 aromatic carbocycles. The van der Waals surface area contributed by atoms with E-state index in [1.54, 1.807) is 30.3 Å². The Kier molecular flexibility index (Phi) is 13.4. The number of aromatic nitrogens is 2. The Morgan fingerprint density at radius 3 is 1.67 bits per heavy atom. The van der Waals surface area contributed by atoms with Crippen molar-refractivity contribution in [1.29, 1.82) is 0 Å². The van der Waals surface area contributed by atoms with Crippen LogP contribution in [0.1, 0.15) is 48.5 Å². The average molecular weight is 847 g/mol. The summed E-state index contributed by atoms with van der Waals surface area (Å²) >= 11 is 0. The fourth-order valence-corrected chi connectivity index (χ4v) is 13.3. The topological polar surface area (TPSA) is 144 Å². The van der Waals surface area contributed by atoms with Gasteiger partial charge in [-0.1, -0.05) is 160 Å². The maximum Gasteiger partial charge on any atom is 0.475 e. The van der Waals surface area contributed by atoms with Gasteiger partial charge in [0.2, 0.25) is 0 Å². The van der Waals surface area contributed by atoms with Crippen LogP contribution in [-0.4, -0.2) is 48.8 Å². The van der Waals surface area contributed by atoms with Crippen LogP contribution in [0, 0.1) is 0 Å². The maximum absolute atomic E-state index is 15.1. The SMILES string of the molecule is CC(C)(C)[Si](OC[C@H]1O[C@@H](n2ccc(=O)[nH]c2=O)[C@H](OC(=O)c2ccccc2)[C@@H]1OP(=O)(OCc1ccccc1)OCc1ccccc1)(c1ccccc1)c1ccccc1. The summed E-state index contributed by atoms with van der Waals surface area (Å²) in [7, 11) is -7.84. The minimum atomic E-state index is -4.60. The molecule has 0 spiro atoms. The normalized spacial score (nSPS) is 18.2. The lowest BCUT2D eigenvalue weighted by Gasteiger charge is -2.43. The molecule has 6 aromatic rings. The molecule has 1 fully saturated rings. The van der Waals surface area contributed by atoms with Crippen LogP contribution < -0.4 is 21.6 Å². The van der Waals surface area contributed by atoms with Gasteiger partial charge < -0.3 is 13.9 Å². The molecule has 0 bridgehead atoms. The molecule has 12 nitrogen and oxygen atoms in total. The monoisotopic (exact) mass is 846 g/mol. The Labute approximate surface area is 349 Å². The number of hydrogen-bond acceptors (Lipinski definition) is 10. The predicted octanol–water partition coefficient (Wildman–Crippen LogP) is 7.16. The second-order valence-corrected chi connectivity index (χ2v) is 21.3. The van der Waals surface area contributed by atoms with Crippen molar-refractivity contribution >= 4 is 32.5 Å². The first kappa shape index (κ1) is 42.6. The first-order chi connectivity index (χ1) is 29.0. The number of hydrogen-bond donors (Lipinski definition) is 1. The van der Waals surface area contributed by atoms with Gasteiger partial charge in [-0.3, -0.25) is 27.9 Å². The smallest absolute Gasteiger partial charge is 0.451 e. The van der Waals surface area contributed by atoms with E-state index in [-0.39, 0.29) is 25.4 Å². The number of rotatable bonds is 16. The molecule has 0 saturated carbocycles. The van der Waals surface area contributed by atoms with Crippen molar-refractivity contribution in [2.45, 2.75) is 63.6 Å². The number of phosphoric ester groups is 1. The summed E-state index contributed by atoms with van der Waals surface area (Å²) < 4.78 is 55.1. The van der Waals surface area contributed by atoms with Gasteiger partial charge in [-0.15, -0.1) is 0 Å². The summed E-state index contributed by atoms with van der Waals surface area (Å²) in [5.74, 6) is -0.765. The van der Waals surface area contributed by atoms with Crippen LogP contribution >= 0.6 is 7.82 Å². The second kappa shape index (κ2) is 18.8. The third-order valence-corrected chi connectivity index (χ3v) is 16.7. The first-order valence-corrected chi connectivity index (χ1v) is 23.0. The Morgan fingerprint density at radius 2 is 1.18 bits per heavy atom. The highest BCUT2D eigenvalue weighted by Gasteiger charge is 2.56. The van der Waals surface area contributed by atoms with E-state index in [2.05, 4.69) is 25.8 Å². The van der Waals surface area contributed by atoms with Gasteiger partial charge in [-0.05, 0) is 38.7 Å². The summed E-state index contributed by atoms with van der Waals surface area (Å²) in [5.41, 5.74) is 0.135. The molecule has 1 N–H and O–H groups in total. The van der Waals surface area contributed by atoms with Crippen LogP contribution in [0.15, 0.2) is 174 Å². The fourth-order valence-electron chi connectivity index (χ4n) is 7.38. The number of nitrogens with one attached hydrogen (secondary N) is 1. The number of aromatic amines is 1. The Bertz CT molecular complexity index is 2400. The molecule has 7 rings (SSSR count). The Morgan fingerprint density at radius 1 is 0.700 bits per heavy atom. The number of ether oxygens (including phenoxy) is 2. The van der Waals surface area contributed by atoms with E-state index in [4.69, 9.17) is 27.5 Å². The van der Waals surface area contributed by atoms with Crippen LogP contribution in [0.5, 0.6) is 0 Å². The number of H-pyrrole nitrogens is 1. The molecule has 0 aliphatic carbocycles. The predicted molar refractivity (Wildman–Crippen MR) is 229 cm³/mol. The summed E-state index contributed by atoms with van der Waals surface area (Å²) in [6.45, 7) is 5.89. The Hall–Kier alpha value is -5.50. The highest BCUT2D eigenvalue weighted by atomic mass is 31.2. The number of carbonyl (C=O) groups is 1. The van der Waals surface area contributed by atoms with Gasteiger partial charge in [0.25, 0.3) is 13.9 Å². The van der Waals surface area contributed by atoms with E-state index in [9.17, 15) is 14.4 Å². The molecule has 310 valence electrons. The van der Waals surface area contributed by atoms with Crippen molar-refractivity contribution < 1.29 is 36.8 Å². The molecular formula is C46H47N2O10PSi. The third kappa shape index (κ3) is 9.75. The quantitative estimate of drug-likeness (QED) is 0.0606. The summed E-state index contributed by atoms with van der Waals surface area (Å²) in [6.07, 6.45) is -4.18. The zero-order chi connectivity index (χ0) is 42.2. The van der Waals surface area contributed by atoms with E-state index in [0.29, 0.717) is 11.1 Å². The van der Waals surface area contributed by atoms with Crippen LogP contribution in [0.25, 0.3) is 0 Å². The maximum atomic E-state index is 15.1. The molecule has 1 aliphatic rings. The van der Waals surface area contributed by atoms with Crippen molar-refractivity contribution in [2.75, 3.05) is 6.61 Å². The molecule has 1 saturated heterocycles. The van der Waals surface area contributed by atoms with E-state index in [1.165, 1.54) is 6.20 Å². The number of nitrogens with zero attached hydrogens (tertiary/aromatic N) is 1. The molecule has 60 heavy (non-hydrogen) atoms. The van der Waals surface area contributed by atoms with E-state index < -0.39 is 62.9 Å². The van der Waals surface area contributed by atoms with Gasteiger partial charge in [0.15, 0.2) is 12.3 Å². The van der Waals surface area contributed by atoms with Crippen LogP contribution in [0.2, 0.25) is 5.04 Å². The summed E-state index contributed by atoms with van der Waals surface area (Å²) in [5, 5.41) is 1.52. The van der Waals surface area contributed by atoms with E-state index >= 15 is 4.57 Å². The van der Waals surface area contributed by atoms with Crippen molar-refractivity contribution in [2.24, 2.45) is 0 Å². The van der Waals surface area contributed by atoms with Gasteiger partial charge in [0.05, 0.1) is 25.4 Å². The van der Waals surface area contributed by atoms with Crippen molar-refractivity contribution in [3.05, 3.63) is 201 Å². The highest BCUT2D eigenvalue weighted by molar-refractivity contribution is 7.48. The molecule has 0 amide bonds. The average Bonchev–Trinajstić information content (AvgIpc) is 3.58. The Balaban J connectivity index is 1.34. The third-order valence-electron chi connectivity index (χ3n) is 10.3. The zero-order valence-corrected chi connectivity index (χ0v) is 35.4. The highest BCUT2D eigenvalue weighted by Crippen LogP contribution is 2.55. The molecule has 0 unspecified atom stereocenters. The molecule has 1 aromatic heterocycles. The van der Waals surface area contributed by atoms with Gasteiger partial charge in [-0.25, -0.2) is 14.2 Å². The molecule has 1 aliphatic heterocycles. The van der Waals surface area contributed by atoms with E-state index in [1.807, 2.05) is 121 Å². The number of carbonyl (C=O) groups excluding carboxylic acids is 1. The van der Waals surface area contributed by atoms with Crippen molar-refractivity contribution in [3.8, 4) is 0 Å². The van der Waals surface area contributed by atoms with E-state index in [0.717, 1.165) is 21.0 Å². The molecule has 14 heteroatoms. The summed E-state index contributed by atoms with van der Waals surface area (Å²) in [6, 6.07) is 47.6. The minimum Gasteiger partial charge on any atom is -0.451 e. The minimum absolute atomic E-state index is 0.152. The van der Waals surface area contributed by atoms with Gasteiger partial charge in [0, 0.05) is 12.3 Å². The summed E-state index contributed by atoms with van der Waals surface area (Å²) in [4.78, 5) is 41.9. The van der Waals surface area contributed by atoms with Crippen LogP contribution in [0.3, 0.4) is 0 Å². The van der Waals surface area contributed by atoms with Gasteiger partial charge in [0.1, 0.15) is 12.2 Å². The molecular weight excluding hydrogens is 800 g/mol. The van der Waals surface area contributed by atoms with Crippen LogP contribution in [-0.2, 0) is 45.2 Å². The van der Waals surface area contributed by atoms with Gasteiger partial charge >= 0.3 is 19.5 Å². The first-order valence-electron chi connectivity index (χ1n) is 19.6. The largest absolute Gasteiger partial charge is 0.475 e. The lowest BCUT2D eigenvalue weighted by molar-refractivity contribution is -0.0588. The fraction of sp³-hybridized carbons (Fsp3) is 0.239. The van der Waals surface area contributed by atoms with Gasteiger partial charge in [-0.2, -0.15) is 0 Å². The van der Waals surface area contributed by atoms with Crippen LogP contribution in [0.4, 0.5) is 0 Å². The zero-order valence-electron chi connectivity index (χ0n) is 33.5. The van der Waals surface area contributed by atoms with Crippen molar-refractivity contribution in [1.82, 2.24) is 9.55 Å². The second-order valence-electron chi connectivity index (χ2n) is 15.3. The molecule has 4 atom stereocenters. The number of benzene rings is 5. The van der Waals surface area contributed by atoms with Crippen molar-refractivity contribution in [3.63, 3.8) is 0 Å². The lowest BCUT2D eigenvalue weighted by atomic mass is 10.1. The standard InChI is InChI=1S/C46H47N2O10PSi/c1-46(2,3)60(37-25-15-7-16-26-37,38-27-17-8-18-28-38)55-33-39-41(58-59(52,53-31-34-19-9-4-10-20-34)54-32-35-21-11-5-12-22-35)42(57-44(50)36-23-13-6-14-24-36)43(56-39)48-30-29-40(49)47-45(48)51/h4-30,39,41-43H,31-33H2,1-3H3,(H,47,49,51)/t39-,41-,42-,43-/m1/s1. The molecule has 2 heterocycles.